The molecule has 1 heterocycles. The van der Waals surface area contributed by atoms with Crippen LogP contribution in [0.25, 0.3) is 0 Å². The zero-order valence-electron chi connectivity index (χ0n) is 11.8. The third-order valence-corrected chi connectivity index (χ3v) is 4.64. The first kappa shape index (κ1) is 24.0. The molecular formula is C11H2BrF13OS. The van der Waals surface area contributed by atoms with Crippen molar-refractivity contribution in [3.63, 3.8) is 0 Å². The van der Waals surface area contributed by atoms with Crippen molar-refractivity contribution >= 4 is 33.0 Å². The molecule has 1 aromatic rings. The van der Waals surface area contributed by atoms with Gasteiger partial charge in [-0.15, -0.1) is 11.3 Å². The molecule has 0 fully saturated rings. The first-order valence-electron chi connectivity index (χ1n) is 5.92. The Morgan fingerprint density at radius 1 is 0.704 bits per heavy atom. The summed E-state index contributed by atoms with van der Waals surface area (Å²) in [6.45, 7) is 0. The van der Waals surface area contributed by atoms with Crippen molar-refractivity contribution in [2.75, 3.05) is 0 Å². The second-order valence-corrected chi connectivity index (χ2v) is 7.27. The first-order valence-corrected chi connectivity index (χ1v) is 7.53. The zero-order valence-corrected chi connectivity index (χ0v) is 14.2. The summed E-state index contributed by atoms with van der Waals surface area (Å²) in [4.78, 5) is 9.94. The monoisotopic (exact) mass is 508 g/mol. The Labute approximate surface area is 152 Å². The minimum absolute atomic E-state index is 0.0400. The predicted octanol–water partition coefficient (Wildman–Crippen LogP) is 6.43. The van der Waals surface area contributed by atoms with Crippen molar-refractivity contribution in [3.8, 4) is 0 Å². The van der Waals surface area contributed by atoms with E-state index in [1.165, 1.54) is 0 Å². The van der Waals surface area contributed by atoms with Gasteiger partial charge in [0.1, 0.15) is 0 Å². The Bertz CT molecular complexity index is 720. The average molecular weight is 509 g/mol. The van der Waals surface area contributed by atoms with Crippen LogP contribution < -0.4 is 0 Å². The second-order valence-electron chi connectivity index (χ2n) is 4.80. The molecule has 1 nitrogen and oxygen atoms in total. The number of hydrogen-bond donors (Lipinski definition) is 0. The fourth-order valence-electron chi connectivity index (χ4n) is 1.50. The van der Waals surface area contributed by atoms with Gasteiger partial charge < -0.3 is 0 Å². The van der Waals surface area contributed by atoms with Crippen molar-refractivity contribution in [2.24, 2.45) is 0 Å². The quantitative estimate of drug-likeness (QED) is 0.319. The maximum absolute atomic E-state index is 13.6. The van der Waals surface area contributed by atoms with Crippen LogP contribution >= 0.6 is 27.3 Å². The van der Waals surface area contributed by atoms with Gasteiger partial charge in [0.15, 0.2) is 0 Å². The molecule has 156 valence electrons. The van der Waals surface area contributed by atoms with Gasteiger partial charge in [-0.3, -0.25) is 4.79 Å². The van der Waals surface area contributed by atoms with Crippen LogP contribution in [0.2, 0.25) is 0 Å². The van der Waals surface area contributed by atoms with Crippen LogP contribution in [-0.2, 0) is 0 Å². The van der Waals surface area contributed by atoms with Crippen LogP contribution in [0.4, 0.5) is 57.1 Å². The molecule has 27 heavy (non-hydrogen) atoms. The first-order chi connectivity index (χ1) is 11.7. The highest BCUT2D eigenvalue weighted by Gasteiger charge is 2.91. The van der Waals surface area contributed by atoms with Gasteiger partial charge in [0.25, 0.3) is 0 Å². The lowest BCUT2D eigenvalue weighted by molar-refractivity contribution is -0.435. The van der Waals surface area contributed by atoms with Crippen LogP contribution in [0.1, 0.15) is 9.67 Å². The molecule has 0 saturated heterocycles. The van der Waals surface area contributed by atoms with E-state index in [4.69, 9.17) is 0 Å². The zero-order chi connectivity index (χ0) is 21.9. The predicted molar refractivity (Wildman–Crippen MR) is 67.1 cm³/mol. The standard InChI is InChI=1S/C11H2BrF13OS/c12-4-2-1-3(27-4)5(26)6(13,14)7(15,16)8(17,18)9(19,20)10(21,22)11(23,24)25/h1-2H. The maximum Gasteiger partial charge on any atom is 0.460 e. The number of thiophene rings is 1. The minimum atomic E-state index is -8.03. The van der Waals surface area contributed by atoms with E-state index in [0.717, 1.165) is 6.07 Å². The van der Waals surface area contributed by atoms with Gasteiger partial charge in [0.05, 0.1) is 8.66 Å². The lowest BCUT2D eigenvalue weighted by atomic mass is 9.92. The van der Waals surface area contributed by atoms with Crippen LogP contribution in [0.15, 0.2) is 15.9 Å². The molecule has 0 aliphatic heterocycles. The average Bonchev–Trinajstić information content (AvgIpc) is 2.90. The molecule has 16 heteroatoms. The molecule has 0 spiro atoms. The Hall–Kier alpha value is -1.06. The topological polar surface area (TPSA) is 17.1 Å². The number of Topliss-reactive ketones (excluding diaryl/α,β-unsaturated/α-hetero) is 1. The van der Waals surface area contributed by atoms with Gasteiger partial charge in [0.2, 0.25) is 5.78 Å². The summed E-state index contributed by atoms with van der Waals surface area (Å²) in [5, 5.41) is 0. The number of halogens is 14. The van der Waals surface area contributed by atoms with Crippen molar-refractivity contribution in [3.05, 3.63) is 20.8 Å². The van der Waals surface area contributed by atoms with Crippen LogP contribution in [-0.4, -0.2) is 41.6 Å². The molecule has 0 bridgehead atoms. The Morgan fingerprint density at radius 3 is 1.44 bits per heavy atom. The third-order valence-electron chi connectivity index (χ3n) is 3.02. The van der Waals surface area contributed by atoms with E-state index in [0.29, 0.717) is 6.07 Å². The SMILES string of the molecule is O=C(c1ccc(Br)s1)C(F)(F)C(F)(F)C(F)(F)C(F)(F)C(F)(F)C(F)(F)F. The highest BCUT2D eigenvalue weighted by molar-refractivity contribution is 9.11. The van der Waals surface area contributed by atoms with Crippen molar-refractivity contribution in [1.82, 2.24) is 0 Å². The van der Waals surface area contributed by atoms with Gasteiger partial charge in [-0.1, -0.05) is 0 Å². The van der Waals surface area contributed by atoms with Gasteiger partial charge in [-0.05, 0) is 28.1 Å². The van der Waals surface area contributed by atoms with Crippen LogP contribution in [0, 0.1) is 0 Å². The van der Waals surface area contributed by atoms with Gasteiger partial charge >= 0.3 is 35.8 Å². The molecule has 0 aliphatic carbocycles. The molecule has 1 rings (SSSR count). The highest BCUT2D eigenvalue weighted by Crippen LogP contribution is 2.60. The lowest BCUT2D eigenvalue weighted by Crippen LogP contribution is -2.71. The number of ketones is 1. The molecule has 0 atom stereocenters. The smallest absolute Gasteiger partial charge is 0.286 e. The van der Waals surface area contributed by atoms with Gasteiger partial charge in [0, 0.05) is 0 Å². The number of alkyl halides is 13. The van der Waals surface area contributed by atoms with E-state index in [-0.39, 0.29) is 15.1 Å². The summed E-state index contributed by atoms with van der Waals surface area (Å²) in [7, 11) is 0. The lowest BCUT2D eigenvalue weighted by Gasteiger charge is -2.39. The fourth-order valence-corrected chi connectivity index (χ4v) is 2.86. The Kier molecular flexibility index (Phi) is 5.76. The number of hydrogen-bond acceptors (Lipinski definition) is 2. The largest absolute Gasteiger partial charge is 0.460 e. The van der Waals surface area contributed by atoms with Crippen molar-refractivity contribution in [1.29, 1.82) is 0 Å². The summed E-state index contributed by atoms with van der Waals surface area (Å²) >= 11 is 2.54. The number of rotatable bonds is 6. The molecule has 0 aromatic carbocycles. The highest BCUT2D eigenvalue weighted by atomic mass is 79.9. The Balaban J connectivity index is 3.52. The third kappa shape index (κ3) is 3.31. The van der Waals surface area contributed by atoms with E-state index >= 15 is 0 Å². The maximum atomic E-state index is 13.6. The van der Waals surface area contributed by atoms with Crippen LogP contribution in [0.3, 0.4) is 0 Å². The van der Waals surface area contributed by atoms with E-state index in [1.54, 1.807) is 0 Å². The number of carbonyl (C=O) groups excluding carboxylic acids is 1. The van der Waals surface area contributed by atoms with E-state index in [2.05, 4.69) is 15.9 Å². The molecule has 0 radical (unpaired) electrons. The van der Waals surface area contributed by atoms with Crippen molar-refractivity contribution < 1.29 is 61.9 Å². The summed E-state index contributed by atoms with van der Waals surface area (Å²) in [5.74, 6) is -41.4. The molecule has 1 aromatic heterocycles. The summed E-state index contributed by atoms with van der Waals surface area (Å²) in [6, 6.07) is 1.17. The second kappa shape index (κ2) is 6.49. The number of carbonyl (C=O) groups is 1. The molecule has 0 unspecified atom stereocenters. The van der Waals surface area contributed by atoms with Gasteiger partial charge in [-0.25, -0.2) is 0 Å². The summed E-state index contributed by atoms with van der Waals surface area (Å²) in [5.41, 5.74) is 0. The fraction of sp³-hybridized carbons (Fsp3) is 0.545. The molecule has 0 amide bonds. The molecular weight excluding hydrogens is 507 g/mol. The minimum Gasteiger partial charge on any atom is -0.286 e. The van der Waals surface area contributed by atoms with E-state index in [1.807, 2.05) is 0 Å². The van der Waals surface area contributed by atoms with Crippen molar-refractivity contribution in [2.45, 2.75) is 35.8 Å². The molecule has 0 N–H and O–H groups in total. The van der Waals surface area contributed by atoms with Crippen LogP contribution in [0.5, 0.6) is 0 Å². The normalized spacial score (nSPS) is 15.2. The molecule has 0 saturated carbocycles. The molecule has 0 aliphatic rings. The van der Waals surface area contributed by atoms with E-state index < -0.39 is 46.4 Å². The van der Waals surface area contributed by atoms with E-state index in [9.17, 15) is 61.9 Å². The summed E-state index contributed by atoms with van der Waals surface area (Å²) in [6.07, 6.45) is -7.49. The Morgan fingerprint density at radius 2 is 1.11 bits per heavy atom. The summed E-state index contributed by atoms with van der Waals surface area (Å²) < 4.78 is 167. The van der Waals surface area contributed by atoms with Gasteiger partial charge in [-0.2, -0.15) is 57.1 Å².